The van der Waals surface area contributed by atoms with Crippen molar-refractivity contribution in [1.82, 2.24) is 10.2 Å². The Kier molecular flexibility index (Phi) is 6.69. The molecule has 0 aromatic heterocycles. The number of hydrogen-bond acceptors (Lipinski definition) is 3. The summed E-state index contributed by atoms with van der Waals surface area (Å²) in [5.74, 6) is -1.39. The quantitative estimate of drug-likeness (QED) is 0.633. The van der Waals surface area contributed by atoms with E-state index in [0.717, 1.165) is 4.90 Å². The highest BCUT2D eigenvalue weighted by Crippen LogP contribution is 2.22. The molecule has 0 aliphatic carbocycles. The van der Waals surface area contributed by atoms with Crippen molar-refractivity contribution in [1.29, 1.82) is 0 Å². The van der Waals surface area contributed by atoms with E-state index in [9.17, 15) is 27.2 Å². The average molecular weight is 378 g/mol. The fourth-order valence-electron chi connectivity index (χ4n) is 2.49. The van der Waals surface area contributed by atoms with Crippen LogP contribution in [0.3, 0.4) is 0 Å². The lowest BCUT2D eigenvalue weighted by Gasteiger charge is -2.31. The van der Waals surface area contributed by atoms with Crippen molar-refractivity contribution in [2.24, 2.45) is 5.92 Å². The van der Waals surface area contributed by atoms with Crippen molar-refractivity contribution >= 4 is 23.6 Å². The van der Waals surface area contributed by atoms with Gasteiger partial charge < -0.3 is 10.2 Å². The first-order valence-electron chi connectivity index (χ1n) is 7.75. The molecule has 1 aliphatic rings. The Balaban J connectivity index is 1.72. The fourth-order valence-corrected chi connectivity index (χ4v) is 3.29. The van der Waals surface area contributed by atoms with Crippen LogP contribution in [-0.2, 0) is 9.59 Å². The minimum absolute atomic E-state index is 0.108. The van der Waals surface area contributed by atoms with Crippen molar-refractivity contribution in [2.45, 2.75) is 23.9 Å². The van der Waals surface area contributed by atoms with Crippen LogP contribution < -0.4 is 5.32 Å². The fraction of sp³-hybridized carbons (Fsp3) is 0.500. The number of halogens is 4. The van der Waals surface area contributed by atoms with E-state index in [-0.39, 0.29) is 17.5 Å². The Labute approximate surface area is 146 Å². The normalized spacial score (nSPS) is 15.9. The largest absolute Gasteiger partial charge is 0.405 e. The summed E-state index contributed by atoms with van der Waals surface area (Å²) in [6.45, 7) is -0.654. The topological polar surface area (TPSA) is 49.4 Å². The van der Waals surface area contributed by atoms with E-state index in [2.05, 4.69) is 0 Å². The third-order valence-electron chi connectivity index (χ3n) is 3.86. The van der Waals surface area contributed by atoms with Gasteiger partial charge in [0.1, 0.15) is 12.4 Å². The van der Waals surface area contributed by atoms with Gasteiger partial charge in [-0.1, -0.05) is 0 Å². The molecule has 25 heavy (non-hydrogen) atoms. The molecule has 1 saturated heterocycles. The monoisotopic (exact) mass is 378 g/mol. The third kappa shape index (κ3) is 6.56. The van der Waals surface area contributed by atoms with Gasteiger partial charge in [0.05, 0.1) is 5.75 Å². The zero-order valence-corrected chi connectivity index (χ0v) is 14.1. The number of benzene rings is 1. The Morgan fingerprint density at radius 1 is 1.16 bits per heavy atom. The van der Waals surface area contributed by atoms with Crippen LogP contribution in [0, 0.1) is 11.7 Å². The molecule has 1 aromatic rings. The van der Waals surface area contributed by atoms with Crippen molar-refractivity contribution in [3.05, 3.63) is 30.1 Å². The number of carbonyl (C=O) groups excluding carboxylic acids is 2. The Bertz CT molecular complexity index is 599. The Morgan fingerprint density at radius 2 is 1.76 bits per heavy atom. The van der Waals surface area contributed by atoms with E-state index >= 15 is 0 Å². The molecule has 1 aromatic carbocycles. The summed E-state index contributed by atoms with van der Waals surface area (Å²) in [6.07, 6.45) is -3.74. The molecule has 0 spiro atoms. The van der Waals surface area contributed by atoms with Gasteiger partial charge in [0.15, 0.2) is 0 Å². The van der Waals surface area contributed by atoms with E-state index in [0.29, 0.717) is 25.9 Å². The summed E-state index contributed by atoms with van der Waals surface area (Å²) in [7, 11) is 0. The maximum Gasteiger partial charge on any atom is 0.405 e. The van der Waals surface area contributed by atoms with Gasteiger partial charge in [-0.2, -0.15) is 13.2 Å². The number of rotatable bonds is 5. The van der Waals surface area contributed by atoms with E-state index in [1.807, 2.05) is 5.32 Å². The molecular formula is C16H18F4N2O2S. The predicted octanol–water partition coefficient (Wildman–Crippen LogP) is 2.83. The smallest absolute Gasteiger partial charge is 0.347 e. The zero-order valence-electron chi connectivity index (χ0n) is 13.3. The van der Waals surface area contributed by atoms with Gasteiger partial charge in [-0.25, -0.2) is 4.39 Å². The number of thioether (sulfide) groups is 1. The second-order valence-electron chi connectivity index (χ2n) is 5.73. The highest BCUT2D eigenvalue weighted by Gasteiger charge is 2.31. The van der Waals surface area contributed by atoms with Gasteiger partial charge in [0.25, 0.3) is 0 Å². The lowest BCUT2D eigenvalue weighted by atomic mass is 9.96. The van der Waals surface area contributed by atoms with Crippen molar-refractivity contribution < 1.29 is 27.2 Å². The maximum absolute atomic E-state index is 12.8. The molecule has 1 fully saturated rings. The van der Waals surface area contributed by atoms with Gasteiger partial charge in [-0.05, 0) is 37.1 Å². The molecule has 0 radical (unpaired) electrons. The van der Waals surface area contributed by atoms with E-state index in [1.165, 1.54) is 23.9 Å². The molecule has 1 heterocycles. The van der Waals surface area contributed by atoms with Crippen LogP contribution >= 0.6 is 11.8 Å². The van der Waals surface area contributed by atoms with Crippen LogP contribution in [0.2, 0.25) is 0 Å². The van der Waals surface area contributed by atoms with Gasteiger partial charge in [0.2, 0.25) is 11.8 Å². The molecule has 0 unspecified atom stereocenters. The van der Waals surface area contributed by atoms with Crippen LogP contribution in [0.15, 0.2) is 29.2 Å². The van der Waals surface area contributed by atoms with Gasteiger partial charge in [-0.15, -0.1) is 11.8 Å². The molecule has 4 nitrogen and oxygen atoms in total. The second kappa shape index (κ2) is 8.55. The van der Waals surface area contributed by atoms with Crippen LogP contribution in [0.5, 0.6) is 0 Å². The molecule has 2 amide bonds. The number of likely N-dealkylation sites (tertiary alicyclic amines) is 1. The summed E-state index contributed by atoms with van der Waals surface area (Å²) in [4.78, 5) is 26.2. The molecule has 1 aliphatic heterocycles. The zero-order chi connectivity index (χ0) is 18.4. The maximum atomic E-state index is 12.8. The standard InChI is InChI=1S/C16H18F4N2O2S/c17-12-1-3-13(4-2-12)25-9-14(23)22-7-5-11(6-8-22)15(24)21-10-16(18,19)20/h1-4,11H,5-10H2,(H,21,24). The SMILES string of the molecule is O=C(NCC(F)(F)F)C1CCN(C(=O)CSc2ccc(F)cc2)CC1. The van der Waals surface area contributed by atoms with Crippen LogP contribution in [-0.4, -0.2) is 48.3 Å². The highest BCUT2D eigenvalue weighted by atomic mass is 32.2. The molecule has 0 saturated carbocycles. The molecule has 9 heteroatoms. The van der Waals surface area contributed by atoms with Crippen LogP contribution in [0.4, 0.5) is 17.6 Å². The number of carbonyl (C=O) groups is 2. The summed E-state index contributed by atoms with van der Waals surface area (Å²) in [5.41, 5.74) is 0. The van der Waals surface area contributed by atoms with Gasteiger partial charge >= 0.3 is 6.18 Å². The highest BCUT2D eigenvalue weighted by molar-refractivity contribution is 8.00. The summed E-state index contributed by atoms with van der Waals surface area (Å²) >= 11 is 1.29. The Hall–Kier alpha value is -1.77. The number of alkyl halides is 3. The number of amides is 2. The summed E-state index contributed by atoms with van der Waals surface area (Å²) in [5, 5.41) is 1.89. The molecule has 0 atom stereocenters. The predicted molar refractivity (Wildman–Crippen MR) is 85.5 cm³/mol. The summed E-state index contributed by atoms with van der Waals surface area (Å²) in [6, 6.07) is 5.81. The van der Waals surface area contributed by atoms with Gasteiger partial charge in [-0.3, -0.25) is 9.59 Å². The van der Waals surface area contributed by atoms with Crippen molar-refractivity contribution in [3.63, 3.8) is 0 Å². The lowest BCUT2D eigenvalue weighted by Crippen LogP contribution is -2.45. The summed E-state index contributed by atoms with van der Waals surface area (Å²) < 4.78 is 49.1. The molecule has 1 N–H and O–H groups in total. The minimum Gasteiger partial charge on any atom is -0.347 e. The van der Waals surface area contributed by atoms with Crippen LogP contribution in [0.1, 0.15) is 12.8 Å². The lowest BCUT2D eigenvalue weighted by molar-refractivity contribution is -0.142. The van der Waals surface area contributed by atoms with Crippen LogP contribution in [0.25, 0.3) is 0 Å². The van der Waals surface area contributed by atoms with Gasteiger partial charge in [0, 0.05) is 23.9 Å². The van der Waals surface area contributed by atoms with E-state index in [4.69, 9.17) is 0 Å². The molecular weight excluding hydrogens is 360 g/mol. The minimum atomic E-state index is -4.43. The third-order valence-corrected chi connectivity index (χ3v) is 4.85. The second-order valence-corrected chi connectivity index (χ2v) is 6.78. The molecule has 138 valence electrons. The first-order valence-corrected chi connectivity index (χ1v) is 8.74. The average Bonchev–Trinajstić information content (AvgIpc) is 2.58. The molecule has 0 bridgehead atoms. The number of piperidine rings is 1. The van der Waals surface area contributed by atoms with Crippen molar-refractivity contribution in [3.8, 4) is 0 Å². The Morgan fingerprint density at radius 3 is 2.32 bits per heavy atom. The first-order chi connectivity index (χ1) is 11.7. The van der Waals surface area contributed by atoms with Crippen molar-refractivity contribution in [2.75, 3.05) is 25.4 Å². The van der Waals surface area contributed by atoms with E-state index in [1.54, 1.807) is 17.0 Å². The number of nitrogens with one attached hydrogen (secondary N) is 1. The number of hydrogen-bond donors (Lipinski definition) is 1. The van der Waals surface area contributed by atoms with E-state index < -0.39 is 24.5 Å². The molecule has 2 rings (SSSR count). The number of nitrogens with zero attached hydrogens (tertiary/aromatic N) is 1. The first kappa shape index (κ1) is 19.6.